The van der Waals surface area contributed by atoms with Gasteiger partial charge in [0.1, 0.15) is 5.60 Å². The van der Waals surface area contributed by atoms with Gasteiger partial charge in [0.25, 0.3) is 0 Å². The molecule has 1 rings (SSSR count). The van der Waals surface area contributed by atoms with Crippen LogP contribution in [0.5, 0.6) is 0 Å². The zero-order chi connectivity index (χ0) is 13.1. The summed E-state index contributed by atoms with van der Waals surface area (Å²) in [7, 11) is 0. The van der Waals surface area contributed by atoms with Gasteiger partial charge in [-0.15, -0.1) is 0 Å². The van der Waals surface area contributed by atoms with Crippen LogP contribution in [0.4, 0.5) is 0 Å². The molecule has 1 aromatic carbocycles. The monoisotopic (exact) mass is 298 g/mol. The Morgan fingerprint density at radius 3 is 2.47 bits per heavy atom. The van der Waals surface area contributed by atoms with Gasteiger partial charge in [0.15, 0.2) is 0 Å². The van der Waals surface area contributed by atoms with Crippen LogP contribution < -0.4 is 0 Å². The Kier molecular flexibility index (Phi) is 4.75. The van der Waals surface area contributed by atoms with Gasteiger partial charge in [0.2, 0.25) is 0 Å². The minimum Gasteiger partial charge on any atom is -0.460 e. The quantitative estimate of drug-likeness (QED) is 0.789. The summed E-state index contributed by atoms with van der Waals surface area (Å²) in [6.07, 6.45) is 0.691. The zero-order valence-electron chi connectivity index (χ0n) is 10.8. The lowest BCUT2D eigenvalue weighted by atomic mass is 10.0. The zero-order valence-corrected chi connectivity index (χ0v) is 12.4. The fourth-order valence-electron chi connectivity index (χ4n) is 1.48. The van der Waals surface area contributed by atoms with Gasteiger partial charge < -0.3 is 4.74 Å². The summed E-state index contributed by atoms with van der Waals surface area (Å²) in [6, 6.07) is 7.94. The van der Waals surface area contributed by atoms with Crippen molar-refractivity contribution in [1.29, 1.82) is 0 Å². The molecule has 17 heavy (non-hydrogen) atoms. The third kappa shape index (κ3) is 4.90. The highest BCUT2D eigenvalue weighted by atomic mass is 79.9. The summed E-state index contributed by atoms with van der Waals surface area (Å²) in [5.74, 6) is -0.277. The molecule has 1 aromatic rings. The Hall–Kier alpha value is -0.830. The predicted octanol–water partition coefficient (Wildman–Crippen LogP) is 3.97. The molecule has 0 N–H and O–H groups in total. The number of benzene rings is 1. The van der Waals surface area contributed by atoms with Crippen LogP contribution in [0, 0.1) is 5.92 Å². The highest BCUT2D eigenvalue weighted by Crippen LogP contribution is 2.21. The number of carbonyl (C=O) groups is 1. The van der Waals surface area contributed by atoms with Gasteiger partial charge in [-0.25, -0.2) is 0 Å². The molecule has 0 aliphatic rings. The summed E-state index contributed by atoms with van der Waals surface area (Å²) in [5.41, 5.74) is 0.713. The van der Waals surface area contributed by atoms with Gasteiger partial charge in [0, 0.05) is 4.47 Å². The predicted molar refractivity (Wildman–Crippen MR) is 72.9 cm³/mol. The van der Waals surface area contributed by atoms with E-state index in [0.29, 0.717) is 6.42 Å². The van der Waals surface area contributed by atoms with Gasteiger partial charge >= 0.3 is 5.97 Å². The minimum atomic E-state index is -0.417. The molecule has 0 aliphatic carbocycles. The van der Waals surface area contributed by atoms with E-state index in [1.54, 1.807) is 0 Å². The summed E-state index contributed by atoms with van der Waals surface area (Å²) >= 11 is 3.48. The van der Waals surface area contributed by atoms with Crippen LogP contribution in [0.1, 0.15) is 33.3 Å². The van der Waals surface area contributed by atoms with E-state index < -0.39 is 5.60 Å². The lowest BCUT2D eigenvalue weighted by Gasteiger charge is -2.22. The fourth-order valence-corrected chi connectivity index (χ4v) is 1.93. The van der Waals surface area contributed by atoms with Crippen molar-refractivity contribution in [3.63, 3.8) is 0 Å². The second kappa shape index (κ2) is 5.67. The Morgan fingerprint density at radius 1 is 1.35 bits per heavy atom. The summed E-state index contributed by atoms with van der Waals surface area (Å²) in [6.45, 7) is 7.55. The van der Waals surface area contributed by atoms with Gasteiger partial charge in [-0.1, -0.05) is 41.1 Å². The van der Waals surface area contributed by atoms with Crippen molar-refractivity contribution >= 4 is 21.9 Å². The van der Waals surface area contributed by atoms with Crippen LogP contribution in [0.15, 0.2) is 28.7 Å². The Bertz CT molecular complexity index is 393. The maximum atomic E-state index is 11.8. The highest BCUT2D eigenvalue weighted by molar-refractivity contribution is 9.10. The van der Waals surface area contributed by atoms with Crippen molar-refractivity contribution in [1.82, 2.24) is 0 Å². The first-order valence-corrected chi connectivity index (χ1v) is 6.55. The lowest BCUT2D eigenvalue weighted by Crippen LogP contribution is -2.28. The molecule has 0 amide bonds. The number of halogens is 1. The van der Waals surface area contributed by atoms with E-state index in [1.807, 2.05) is 52.0 Å². The molecule has 0 heterocycles. The van der Waals surface area contributed by atoms with Crippen LogP contribution >= 0.6 is 15.9 Å². The molecular formula is C14H19BrO2. The molecule has 3 heteroatoms. The van der Waals surface area contributed by atoms with E-state index in [9.17, 15) is 4.79 Å². The van der Waals surface area contributed by atoms with Crippen LogP contribution in [0.3, 0.4) is 0 Å². The Morgan fingerprint density at radius 2 is 1.94 bits per heavy atom. The lowest BCUT2D eigenvalue weighted by molar-refractivity contribution is -0.159. The first kappa shape index (κ1) is 14.2. The number of esters is 1. The van der Waals surface area contributed by atoms with Crippen molar-refractivity contribution in [3.8, 4) is 0 Å². The Balaban J connectivity index is 2.64. The van der Waals surface area contributed by atoms with Gasteiger partial charge in [-0.2, -0.15) is 0 Å². The second-order valence-corrected chi connectivity index (χ2v) is 6.08. The normalized spacial score (nSPS) is 13.2. The van der Waals surface area contributed by atoms with Gasteiger partial charge in [-0.3, -0.25) is 4.79 Å². The largest absolute Gasteiger partial charge is 0.460 e. The second-order valence-electron chi connectivity index (χ2n) is 5.23. The van der Waals surface area contributed by atoms with Crippen molar-refractivity contribution in [3.05, 3.63) is 34.3 Å². The van der Waals surface area contributed by atoms with Crippen molar-refractivity contribution in [2.75, 3.05) is 0 Å². The van der Waals surface area contributed by atoms with E-state index in [1.165, 1.54) is 0 Å². The van der Waals surface area contributed by atoms with Gasteiger partial charge in [-0.05, 0) is 38.8 Å². The third-order valence-electron chi connectivity index (χ3n) is 2.29. The Labute approximate surface area is 111 Å². The summed E-state index contributed by atoms with van der Waals surface area (Å²) < 4.78 is 6.39. The molecule has 94 valence electrons. The van der Waals surface area contributed by atoms with Crippen molar-refractivity contribution < 1.29 is 9.53 Å². The molecule has 0 aromatic heterocycles. The molecule has 0 saturated heterocycles. The molecule has 0 radical (unpaired) electrons. The SMILES string of the molecule is CC(Cc1ccccc1Br)C(=O)OC(C)(C)C. The molecule has 2 nitrogen and oxygen atoms in total. The standard InChI is InChI=1S/C14H19BrO2/c1-10(13(16)17-14(2,3)4)9-11-7-5-6-8-12(11)15/h5-8,10H,9H2,1-4H3. The van der Waals surface area contributed by atoms with Crippen molar-refractivity contribution in [2.24, 2.45) is 5.92 Å². The van der Waals surface area contributed by atoms with E-state index in [0.717, 1.165) is 10.0 Å². The van der Waals surface area contributed by atoms with Crippen molar-refractivity contribution in [2.45, 2.75) is 39.7 Å². The first-order valence-electron chi connectivity index (χ1n) is 5.76. The molecule has 0 spiro atoms. The summed E-state index contributed by atoms with van der Waals surface area (Å²) in [4.78, 5) is 11.8. The van der Waals surface area contributed by atoms with Crippen LogP contribution in [-0.2, 0) is 16.0 Å². The first-order chi connectivity index (χ1) is 7.79. The van der Waals surface area contributed by atoms with Gasteiger partial charge in [0.05, 0.1) is 5.92 Å². The van der Waals surface area contributed by atoms with E-state index in [2.05, 4.69) is 15.9 Å². The number of rotatable bonds is 3. The topological polar surface area (TPSA) is 26.3 Å². The molecule has 0 bridgehead atoms. The fraction of sp³-hybridized carbons (Fsp3) is 0.500. The molecule has 1 atom stereocenters. The van der Waals surface area contributed by atoms with Crippen LogP contribution in [0.2, 0.25) is 0 Å². The number of hydrogen-bond donors (Lipinski definition) is 0. The highest BCUT2D eigenvalue weighted by Gasteiger charge is 2.22. The minimum absolute atomic E-state index is 0.132. The smallest absolute Gasteiger partial charge is 0.309 e. The molecular weight excluding hydrogens is 280 g/mol. The van der Waals surface area contributed by atoms with Crippen LogP contribution in [0.25, 0.3) is 0 Å². The molecule has 1 unspecified atom stereocenters. The van der Waals surface area contributed by atoms with E-state index >= 15 is 0 Å². The maximum absolute atomic E-state index is 11.8. The maximum Gasteiger partial charge on any atom is 0.309 e. The number of carbonyl (C=O) groups excluding carboxylic acids is 1. The molecule has 0 saturated carbocycles. The average molecular weight is 299 g/mol. The molecule has 0 fully saturated rings. The third-order valence-corrected chi connectivity index (χ3v) is 3.07. The summed E-state index contributed by atoms with van der Waals surface area (Å²) in [5, 5.41) is 0. The van der Waals surface area contributed by atoms with E-state index in [-0.39, 0.29) is 11.9 Å². The molecule has 0 aliphatic heterocycles. The average Bonchev–Trinajstić information content (AvgIpc) is 2.18. The van der Waals surface area contributed by atoms with Crippen LogP contribution in [-0.4, -0.2) is 11.6 Å². The number of ether oxygens (including phenoxy) is 1. The number of hydrogen-bond acceptors (Lipinski definition) is 2. The van der Waals surface area contributed by atoms with E-state index in [4.69, 9.17) is 4.74 Å².